The number of imidazole rings is 1. The van der Waals surface area contributed by atoms with Crippen LogP contribution in [0.25, 0.3) is 11.2 Å². The van der Waals surface area contributed by atoms with E-state index in [4.69, 9.17) is 14.2 Å². The Labute approximate surface area is 176 Å². The molecule has 0 aliphatic rings. The third kappa shape index (κ3) is 7.25. The molecule has 10 nitrogen and oxygen atoms in total. The zero-order valence-electron chi connectivity index (χ0n) is 17.9. The van der Waals surface area contributed by atoms with E-state index in [1.165, 1.54) is 6.33 Å². The fraction of sp³-hybridized carbons (Fsp3) is 0.650. The van der Waals surface area contributed by atoms with Crippen LogP contribution in [0.5, 0.6) is 0 Å². The first-order valence-electron chi connectivity index (χ1n) is 10.3. The van der Waals surface area contributed by atoms with Gasteiger partial charge in [0.05, 0.1) is 6.33 Å². The van der Waals surface area contributed by atoms with E-state index in [1.807, 2.05) is 13.8 Å². The van der Waals surface area contributed by atoms with Crippen LogP contribution in [0.2, 0.25) is 0 Å². The highest BCUT2D eigenvalue weighted by Crippen LogP contribution is 2.17. The van der Waals surface area contributed by atoms with E-state index in [9.17, 15) is 9.59 Å². The van der Waals surface area contributed by atoms with Gasteiger partial charge in [-0.1, -0.05) is 26.7 Å². The molecule has 0 amide bonds. The molecule has 0 aliphatic carbocycles. The lowest BCUT2D eigenvalue weighted by Crippen LogP contribution is -2.29. The molecular weight excluding hydrogens is 390 g/mol. The zero-order chi connectivity index (χ0) is 21.8. The molecule has 0 aliphatic heterocycles. The van der Waals surface area contributed by atoms with Crippen molar-refractivity contribution >= 4 is 28.9 Å². The van der Waals surface area contributed by atoms with Crippen molar-refractivity contribution in [2.75, 3.05) is 25.6 Å². The molecule has 0 unspecified atom stereocenters. The van der Waals surface area contributed by atoms with Crippen molar-refractivity contribution in [3.05, 3.63) is 12.7 Å². The number of carbonyl (C=O) groups is 2. The number of nitrogens with one attached hydrogen (secondary N) is 1. The summed E-state index contributed by atoms with van der Waals surface area (Å²) < 4.78 is 18.2. The van der Waals surface area contributed by atoms with E-state index >= 15 is 0 Å². The quantitative estimate of drug-likeness (QED) is 0.459. The van der Waals surface area contributed by atoms with Gasteiger partial charge in [0.15, 0.2) is 11.5 Å². The number of ether oxygens (including phenoxy) is 3. The third-order valence-electron chi connectivity index (χ3n) is 4.42. The van der Waals surface area contributed by atoms with Gasteiger partial charge in [-0.05, 0) is 12.8 Å². The Morgan fingerprint density at radius 3 is 2.23 bits per heavy atom. The molecule has 166 valence electrons. The second kappa shape index (κ2) is 12.7. The monoisotopic (exact) mass is 421 g/mol. The summed E-state index contributed by atoms with van der Waals surface area (Å²) in [6.07, 6.45) is 6.51. The largest absolute Gasteiger partial charge is 0.463 e. The van der Waals surface area contributed by atoms with Crippen LogP contribution in [0.1, 0.15) is 52.4 Å². The molecule has 2 heterocycles. The van der Waals surface area contributed by atoms with Crippen LogP contribution in [-0.2, 0) is 30.5 Å². The van der Waals surface area contributed by atoms with Gasteiger partial charge in [0.2, 0.25) is 0 Å². The first-order valence-corrected chi connectivity index (χ1v) is 10.3. The van der Waals surface area contributed by atoms with Crippen molar-refractivity contribution in [3.8, 4) is 0 Å². The second-order valence-electron chi connectivity index (χ2n) is 6.85. The maximum atomic E-state index is 11.8. The first kappa shape index (κ1) is 23.5. The molecule has 0 spiro atoms. The smallest absolute Gasteiger partial charge is 0.305 e. The van der Waals surface area contributed by atoms with Gasteiger partial charge in [0.1, 0.15) is 37.9 Å². The minimum absolute atomic E-state index is 0.00693. The highest BCUT2D eigenvalue weighted by Gasteiger charge is 2.17. The Morgan fingerprint density at radius 2 is 1.67 bits per heavy atom. The zero-order valence-corrected chi connectivity index (χ0v) is 17.9. The number of esters is 2. The summed E-state index contributed by atoms with van der Waals surface area (Å²) in [5.74, 6) is 0.0366. The molecule has 2 aromatic heterocycles. The SMILES string of the molecule is CCCCC(=O)OCC(COC(=O)CCCC)OCn1cnc2c(NC)ncnc21. The Balaban J connectivity index is 1.97. The Kier molecular flexibility index (Phi) is 9.99. The normalized spacial score (nSPS) is 11.1. The predicted molar refractivity (Wildman–Crippen MR) is 111 cm³/mol. The van der Waals surface area contributed by atoms with Gasteiger partial charge in [-0.2, -0.15) is 0 Å². The summed E-state index contributed by atoms with van der Waals surface area (Å²) >= 11 is 0. The highest BCUT2D eigenvalue weighted by atomic mass is 16.6. The predicted octanol–water partition coefficient (Wildman–Crippen LogP) is 2.68. The van der Waals surface area contributed by atoms with Crippen molar-refractivity contribution in [2.24, 2.45) is 0 Å². The number of carbonyl (C=O) groups excluding carboxylic acids is 2. The molecule has 2 aromatic rings. The molecule has 0 saturated heterocycles. The molecular formula is C20H31N5O5. The van der Waals surface area contributed by atoms with E-state index in [2.05, 4.69) is 20.3 Å². The molecule has 0 atom stereocenters. The second-order valence-corrected chi connectivity index (χ2v) is 6.85. The van der Waals surface area contributed by atoms with Crippen LogP contribution in [0, 0.1) is 0 Å². The summed E-state index contributed by atoms with van der Waals surface area (Å²) in [5.41, 5.74) is 1.23. The molecule has 0 fully saturated rings. The molecule has 30 heavy (non-hydrogen) atoms. The summed E-state index contributed by atoms with van der Waals surface area (Å²) in [5, 5.41) is 2.96. The van der Waals surface area contributed by atoms with Crippen LogP contribution in [0.15, 0.2) is 12.7 Å². The number of rotatable bonds is 14. The number of hydrogen-bond acceptors (Lipinski definition) is 9. The fourth-order valence-corrected chi connectivity index (χ4v) is 2.65. The van der Waals surface area contributed by atoms with E-state index in [0.29, 0.717) is 29.8 Å². The number of nitrogens with zero attached hydrogens (tertiary/aromatic N) is 4. The Morgan fingerprint density at radius 1 is 1.03 bits per heavy atom. The molecule has 0 saturated carbocycles. The van der Waals surface area contributed by atoms with Crippen molar-refractivity contribution in [3.63, 3.8) is 0 Å². The van der Waals surface area contributed by atoms with Gasteiger partial charge in [-0.25, -0.2) is 15.0 Å². The van der Waals surface area contributed by atoms with Gasteiger partial charge in [-0.3, -0.25) is 14.2 Å². The van der Waals surface area contributed by atoms with E-state index in [-0.39, 0.29) is 31.9 Å². The van der Waals surface area contributed by atoms with E-state index < -0.39 is 6.10 Å². The van der Waals surface area contributed by atoms with E-state index in [1.54, 1.807) is 17.9 Å². The van der Waals surface area contributed by atoms with Gasteiger partial charge in [-0.15, -0.1) is 0 Å². The lowest BCUT2D eigenvalue weighted by molar-refractivity contribution is -0.157. The number of unbranched alkanes of at least 4 members (excludes halogenated alkanes) is 2. The van der Waals surface area contributed by atoms with Crippen LogP contribution in [0.3, 0.4) is 0 Å². The third-order valence-corrected chi connectivity index (χ3v) is 4.42. The number of hydrogen-bond donors (Lipinski definition) is 1. The summed E-state index contributed by atoms with van der Waals surface area (Å²) in [6, 6.07) is 0. The Bertz CT molecular complexity index is 786. The van der Waals surface area contributed by atoms with Crippen LogP contribution in [0.4, 0.5) is 5.82 Å². The maximum absolute atomic E-state index is 11.8. The lowest BCUT2D eigenvalue weighted by Gasteiger charge is -2.18. The lowest BCUT2D eigenvalue weighted by atomic mass is 10.2. The minimum Gasteiger partial charge on any atom is -0.463 e. The highest BCUT2D eigenvalue weighted by molar-refractivity contribution is 5.82. The Hall–Kier alpha value is -2.75. The molecule has 0 aromatic carbocycles. The molecule has 10 heteroatoms. The van der Waals surface area contributed by atoms with Gasteiger partial charge in [0.25, 0.3) is 0 Å². The van der Waals surface area contributed by atoms with Crippen LogP contribution in [-0.4, -0.2) is 57.8 Å². The molecule has 0 radical (unpaired) electrons. The average molecular weight is 421 g/mol. The summed E-state index contributed by atoms with van der Waals surface area (Å²) in [6.45, 7) is 4.14. The van der Waals surface area contributed by atoms with Crippen molar-refractivity contribution in [2.45, 2.75) is 65.2 Å². The van der Waals surface area contributed by atoms with Crippen molar-refractivity contribution in [1.82, 2.24) is 19.5 Å². The molecule has 2 rings (SSSR count). The number of anilines is 1. The standard InChI is InChI=1S/C20H31N5O5/c1-4-6-8-16(26)28-10-15(11-29-17(27)9-7-5-2)30-14-25-13-24-18-19(21-3)22-12-23-20(18)25/h12-13,15H,4-11,14H2,1-3H3,(H,21,22,23). The average Bonchev–Trinajstić information content (AvgIpc) is 3.18. The van der Waals surface area contributed by atoms with Crippen molar-refractivity contribution < 1.29 is 23.8 Å². The molecule has 1 N–H and O–H groups in total. The topological polar surface area (TPSA) is 117 Å². The van der Waals surface area contributed by atoms with Gasteiger partial charge >= 0.3 is 11.9 Å². The molecule has 0 bridgehead atoms. The van der Waals surface area contributed by atoms with Gasteiger partial charge in [0, 0.05) is 19.9 Å². The van der Waals surface area contributed by atoms with E-state index in [0.717, 1.165) is 25.7 Å². The van der Waals surface area contributed by atoms with Crippen LogP contribution < -0.4 is 5.32 Å². The number of fused-ring (bicyclic) bond motifs is 1. The van der Waals surface area contributed by atoms with Gasteiger partial charge < -0.3 is 19.5 Å². The van der Waals surface area contributed by atoms with Crippen molar-refractivity contribution in [1.29, 1.82) is 0 Å². The first-order chi connectivity index (χ1) is 14.6. The number of aromatic nitrogens is 4. The summed E-state index contributed by atoms with van der Waals surface area (Å²) in [4.78, 5) is 36.4. The minimum atomic E-state index is -0.593. The maximum Gasteiger partial charge on any atom is 0.305 e. The summed E-state index contributed by atoms with van der Waals surface area (Å²) in [7, 11) is 1.76. The fourth-order valence-electron chi connectivity index (χ4n) is 2.65. The van der Waals surface area contributed by atoms with Crippen LogP contribution >= 0.6 is 0 Å².